The smallest absolute Gasteiger partial charge is 0.230 e. The number of allylic oxidation sites excluding steroid dienone is 2. The normalized spacial score (nSPS) is 8.56. The van der Waals surface area contributed by atoms with Crippen LogP contribution in [0.1, 0.15) is 48.5 Å². The first kappa shape index (κ1) is 24.2. The van der Waals surface area contributed by atoms with Gasteiger partial charge < -0.3 is 0 Å². The zero-order valence-corrected chi connectivity index (χ0v) is 12.1. The molecule has 0 aromatic carbocycles. The molecule has 0 saturated heterocycles. The van der Waals surface area contributed by atoms with Crippen molar-refractivity contribution in [2.45, 2.75) is 48.5 Å². The third-order valence-electron chi connectivity index (χ3n) is 1.03. The Labute approximate surface area is 101 Å². The molecule has 0 bridgehead atoms. The van der Waals surface area contributed by atoms with Gasteiger partial charge in [-0.2, -0.15) is 0 Å². The highest BCUT2D eigenvalue weighted by Crippen LogP contribution is 1.89. The van der Waals surface area contributed by atoms with Gasteiger partial charge in [-0.15, -0.1) is 0 Å². The zero-order valence-electron chi connectivity index (χ0n) is 12.1. The van der Waals surface area contributed by atoms with E-state index in [1.54, 1.807) is 0 Å². The summed E-state index contributed by atoms with van der Waals surface area (Å²) in [5.74, 6) is 0. The lowest BCUT2D eigenvalue weighted by molar-refractivity contribution is -0.724. The van der Waals surface area contributed by atoms with Gasteiger partial charge in [-0.3, -0.25) is 9.60 Å². The maximum atomic E-state index is 9.50. The molecule has 0 atom stereocenters. The molecule has 0 unspecified atom stereocenters. The van der Waals surface area contributed by atoms with E-state index in [1.165, 1.54) is 6.20 Å². The molecule has 0 aromatic heterocycles. The third-order valence-corrected chi connectivity index (χ3v) is 1.03. The standard InChI is InChI=1S/C8H14NO.2C2H6.CH3F/c1-5-9(10)8(4)6-7(2)3;3*1-2/h5-6,10H,1H2,2-4H3;2*1-2H3;1H3/q+1;;;/b9-8+;;;. The molecule has 3 heteroatoms. The van der Waals surface area contributed by atoms with Crippen molar-refractivity contribution in [3.05, 3.63) is 24.4 Å². The van der Waals surface area contributed by atoms with Gasteiger partial charge in [-0.25, -0.2) is 0 Å². The highest BCUT2D eigenvalue weighted by Gasteiger charge is 1.98. The second kappa shape index (κ2) is 23.6. The summed E-state index contributed by atoms with van der Waals surface area (Å²) in [6, 6.07) is 0. The fourth-order valence-electron chi connectivity index (χ4n) is 0.628. The summed E-state index contributed by atoms with van der Waals surface area (Å²) >= 11 is 0. The largest absolute Gasteiger partial charge is 0.285 e. The Kier molecular flexibility index (Phi) is 35.7. The summed E-state index contributed by atoms with van der Waals surface area (Å²) in [5.41, 5.74) is 1.92. The average Bonchev–Trinajstić information content (AvgIpc) is 2.34. The van der Waals surface area contributed by atoms with Gasteiger partial charge >= 0.3 is 0 Å². The van der Waals surface area contributed by atoms with Crippen molar-refractivity contribution in [1.82, 2.24) is 0 Å². The number of nitrogens with zero attached hydrogens (tertiary/aromatic N) is 1. The van der Waals surface area contributed by atoms with E-state index in [9.17, 15) is 4.39 Å². The van der Waals surface area contributed by atoms with Crippen LogP contribution in [0, 0.1) is 0 Å². The molecule has 0 heterocycles. The van der Waals surface area contributed by atoms with Crippen molar-refractivity contribution in [2.24, 2.45) is 0 Å². The fourth-order valence-corrected chi connectivity index (χ4v) is 0.628. The molecule has 0 aromatic rings. The minimum Gasteiger partial charge on any atom is -0.285 e. The van der Waals surface area contributed by atoms with E-state index >= 15 is 0 Å². The molecule has 16 heavy (non-hydrogen) atoms. The van der Waals surface area contributed by atoms with E-state index in [0.29, 0.717) is 7.18 Å². The molecular weight excluding hydrogens is 205 g/mol. The first-order valence-corrected chi connectivity index (χ1v) is 5.55. The molecule has 98 valence electrons. The topological polar surface area (TPSA) is 23.2 Å². The molecule has 2 nitrogen and oxygen atoms in total. The van der Waals surface area contributed by atoms with Crippen LogP contribution in [0.4, 0.5) is 4.39 Å². The van der Waals surface area contributed by atoms with Crippen LogP contribution in [0.3, 0.4) is 0 Å². The number of alkyl halides is 1. The Morgan fingerprint density at radius 1 is 1.06 bits per heavy atom. The minimum absolute atomic E-state index is 0.500. The average molecular weight is 234 g/mol. The number of hydrogen-bond donors (Lipinski definition) is 1. The van der Waals surface area contributed by atoms with Crippen LogP contribution >= 0.6 is 0 Å². The van der Waals surface area contributed by atoms with Crippen LogP contribution in [-0.4, -0.2) is 22.8 Å². The molecule has 1 N–H and O–H groups in total. The second-order valence-corrected chi connectivity index (χ2v) is 2.39. The molecular formula is C13H29FNO+. The Bertz CT molecular complexity index is 192. The summed E-state index contributed by atoms with van der Waals surface area (Å²) in [4.78, 5) is 0. The van der Waals surface area contributed by atoms with E-state index in [4.69, 9.17) is 5.21 Å². The third kappa shape index (κ3) is 23.1. The van der Waals surface area contributed by atoms with Gasteiger partial charge in [0.2, 0.25) is 11.9 Å². The second-order valence-electron chi connectivity index (χ2n) is 2.39. The van der Waals surface area contributed by atoms with E-state index in [-0.39, 0.29) is 0 Å². The van der Waals surface area contributed by atoms with Crippen LogP contribution in [0.25, 0.3) is 0 Å². The van der Waals surface area contributed by atoms with Gasteiger partial charge in [-0.05, 0) is 20.4 Å². The Balaban J connectivity index is -0.000000103. The van der Waals surface area contributed by atoms with Crippen molar-refractivity contribution >= 4 is 5.71 Å². The van der Waals surface area contributed by atoms with Crippen LogP contribution in [0.15, 0.2) is 24.4 Å². The minimum atomic E-state index is 0.500. The number of rotatable bonds is 2. The van der Waals surface area contributed by atoms with Crippen LogP contribution in [0.2, 0.25) is 0 Å². The summed E-state index contributed by atoms with van der Waals surface area (Å²) in [6.45, 7) is 17.2. The predicted molar refractivity (Wildman–Crippen MR) is 72.1 cm³/mol. The first-order valence-electron chi connectivity index (χ1n) is 5.55. The monoisotopic (exact) mass is 234 g/mol. The highest BCUT2D eigenvalue weighted by molar-refractivity contribution is 5.88. The summed E-state index contributed by atoms with van der Waals surface area (Å²) < 4.78 is 10.5. The number of hydroxylamine groups is 1. The lowest BCUT2D eigenvalue weighted by Gasteiger charge is -1.87. The van der Waals surface area contributed by atoms with Crippen molar-refractivity contribution in [2.75, 3.05) is 7.18 Å². The highest BCUT2D eigenvalue weighted by atomic mass is 19.1. The summed E-state index contributed by atoms with van der Waals surface area (Å²) in [6.07, 6.45) is 3.23. The molecule has 0 aliphatic rings. The maximum Gasteiger partial charge on any atom is 0.230 e. The number of halogens is 1. The van der Waals surface area contributed by atoms with E-state index < -0.39 is 0 Å². The molecule has 0 aliphatic heterocycles. The van der Waals surface area contributed by atoms with Gasteiger partial charge in [0, 0.05) is 17.7 Å². The lowest BCUT2D eigenvalue weighted by atomic mass is 10.2. The maximum absolute atomic E-state index is 9.50. The van der Waals surface area contributed by atoms with Gasteiger partial charge in [0.15, 0.2) is 0 Å². The summed E-state index contributed by atoms with van der Waals surface area (Å²) in [5, 5.41) is 9.01. The Hall–Kier alpha value is -1.12. The Morgan fingerprint density at radius 2 is 1.38 bits per heavy atom. The molecule has 0 amide bonds. The van der Waals surface area contributed by atoms with Gasteiger partial charge in [0.25, 0.3) is 0 Å². The van der Waals surface area contributed by atoms with Crippen molar-refractivity contribution < 1.29 is 14.3 Å². The lowest BCUT2D eigenvalue weighted by Crippen LogP contribution is -2.05. The van der Waals surface area contributed by atoms with E-state index in [2.05, 4.69) is 6.58 Å². The molecule has 0 saturated carbocycles. The quantitative estimate of drug-likeness (QED) is 0.321. The van der Waals surface area contributed by atoms with E-state index in [0.717, 1.165) is 16.0 Å². The SMILES string of the molecule is C=C/[N+](O)=C(/C)C=C(C)C.CC.CC.CF. The van der Waals surface area contributed by atoms with Crippen LogP contribution in [-0.2, 0) is 0 Å². The van der Waals surface area contributed by atoms with Crippen molar-refractivity contribution in [3.8, 4) is 0 Å². The summed E-state index contributed by atoms with van der Waals surface area (Å²) in [7, 11) is 0.500. The van der Waals surface area contributed by atoms with Crippen LogP contribution in [0.5, 0.6) is 0 Å². The molecule has 0 aliphatic carbocycles. The van der Waals surface area contributed by atoms with Crippen LogP contribution < -0.4 is 0 Å². The fraction of sp³-hybridized carbons (Fsp3) is 0.615. The predicted octanol–water partition coefficient (Wildman–Crippen LogP) is 4.60. The Morgan fingerprint density at radius 3 is 1.56 bits per heavy atom. The first-order chi connectivity index (χ1) is 7.57. The van der Waals surface area contributed by atoms with Gasteiger partial charge in [0.05, 0.1) is 7.18 Å². The van der Waals surface area contributed by atoms with Gasteiger partial charge in [-0.1, -0.05) is 33.3 Å². The number of hydrogen-bond acceptors (Lipinski definition) is 1. The van der Waals surface area contributed by atoms with Crippen molar-refractivity contribution in [3.63, 3.8) is 0 Å². The molecule has 0 fully saturated rings. The molecule has 0 radical (unpaired) electrons. The zero-order chi connectivity index (χ0) is 14.1. The van der Waals surface area contributed by atoms with Crippen molar-refractivity contribution in [1.29, 1.82) is 0 Å². The van der Waals surface area contributed by atoms with E-state index in [1.807, 2.05) is 54.5 Å². The molecule has 0 spiro atoms. The van der Waals surface area contributed by atoms with Gasteiger partial charge in [0.1, 0.15) is 0 Å². The molecule has 0 rings (SSSR count).